The number of hydrogen-bond donors (Lipinski definition) is 1. The molecule has 0 spiro atoms. The molecule has 0 aromatic carbocycles. The van der Waals surface area contributed by atoms with Crippen LogP contribution in [-0.2, 0) is 9.47 Å². The van der Waals surface area contributed by atoms with Gasteiger partial charge in [-0.25, -0.2) is 4.98 Å². The average molecular weight is 253 g/mol. The largest absolute Gasteiger partial charge is 0.383 e. The molecule has 0 amide bonds. The first-order valence-electron chi connectivity index (χ1n) is 6.59. The minimum absolute atomic E-state index is 0.250. The van der Waals surface area contributed by atoms with Crippen LogP contribution in [0.5, 0.6) is 0 Å². The molecule has 0 bridgehead atoms. The summed E-state index contributed by atoms with van der Waals surface area (Å²) in [7, 11) is 1.71. The van der Waals surface area contributed by atoms with Crippen LogP contribution < -0.4 is 5.32 Å². The summed E-state index contributed by atoms with van der Waals surface area (Å²) >= 11 is 0. The van der Waals surface area contributed by atoms with E-state index in [4.69, 9.17) is 9.47 Å². The van der Waals surface area contributed by atoms with Gasteiger partial charge in [0.15, 0.2) is 0 Å². The fourth-order valence-electron chi connectivity index (χ4n) is 2.36. The maximum absolute atomic E-state index is 5.55. The number of methoxy groups -OCH3 is 1. The lowest BCUT2D eigenvalue weighted by Crippen LogP contribution is -2.26. The number of aromatic nitrogens is 2. The Morgan fingerprint density at radius 1 is 1.67 bits per heavy atom. The number of nitrogens with zero attached hydrogens (tertiary/aromatic N) is 2. The van der Waals surface area contributed by atoms with Crippen molar-refractivity contribution in [2.75, 3.05) is 32.2 Å². The van der Waals surface area contributed by atoms with Crippen LogP contribution in [0.1, 0.15) is 31.5 Å². The Morgan fingerprint density at radius 3 is 3.17 bits per heavy atom. The number of aryl methyl sites for hydroxylation is 1. The molecule has 2 atom stereocenters. The Morgan fingerprint density at radius 2 is 2.50 bits per heavy atom. The number of hydrogen-bond acceptors (Lipinski definition) is 4. The van der Waals surface area contributed by atoms with E-state index in [-0.39, 0.29) is 6.04 Å². The average Bonchev–Trinajstić information content (AvgIpc) is 2.71. The van der Waals surface area contributed by atoms with E-state index in [0.717, 1.165) is 37.7 Å². The first-order valence-corrected chi connectivity index (χ1v) is 6.59. The van der Waals surface area contributed by atoms with Gasteiger partial charge < -0.3 is 19.4 Å². The molecule has 1 aromatic heterocycles. The van der Waals surface area contributed by atoms with Crippen LogP contribution in [0, 0.1) is 6.92 Å². The van der Waals surface area contributed by atoms with Crippen molar-refractivity contribution in [3.8, 4) is 0 Å². The maximum Gasteiger partial charge on any atom is 0.203 e. The number of nitrogens with one attached hydrogen (secondary N) is 1. The van der Waals surface area contributed by atoms with Crippen LogP contribution in [0.2, 0.25) is 0 Å². The molecule has 5 heteroatoms. The highest BCUT2D eigenvalue weighted by Crippen LogP contribution is 2.24. The van der Waals surface area contributed by atoms with E-state index >= 15 is 0 Å². The van der Waals surface area contributed by atoms with Gasteiger partial charge in [-0.1, -0.05) is 0 Å². The van der Waals surface area contributed by atoms with Crippen molar-refractivity contribution in [2.45, 2.75) is 38.8 Å². The van der Waals surface area contributed by atoms with E-state index in [1.165, 1.54) is 0 Å². The lowest BCUT2D eigenvalue weighted by molar-refractivity contribution is 0.0597. The normalized spacial score (nSPS) is 21.8. The highest BCUT2D eigenvalue weighted by atomic mass is 16.5. The molecule has 1 N–H and O–H groups in total. The first-order chi connectivity index (χ1) is 8.70. The smallest absolute Gasteiger partial charge is 0.203 e. The molecule has 2 unspecified atom stereocenters. The van der Waals surface area contributed by atoms with Crippen LogP contribution in [0.4, 0.5) is 5.95 Å². The predicted molar refractivity (Wildman–Crippen MR) is 71.0 cm³/mol. The Labute approximate surface area is 108 Å². The molecule has 2 rings (SSSR count). The summed E-state index contributed by atoms with van der Waals surface area (Å²) in [5.74, 6) is 0.924. The molecular weight excluding hydrogens is 230 g/mol. The third-order valence-corrected chi connectivity index (χ3v) is 3.17. The van der Waals surface area contributed by atoms with Crippen LogP contribution in [0.3, 0.4) is 0 Å². The summed E-state index contributed by atoms with van der Waals surface area (Å²) in [6.45, 7) is 6.45. The summed E-state index contributed by atoms with van der Waals surface area (Å²) in [4.78, 5) is 4.55. The summed E-state index contributed by atoms with van der Waals surface area (Å²) in [6, 6.07) is 0.650. The molecule has 0 saturated carbocycles. The molecule has 1 aliphatic heterocycles. The highest BCUT2D eigenvalue weighted by molar-refractivity contribution is 5.31. The molecule has 0 aliphatic carbocycles. The fourth-order valence-corrected chi connectivity index (χ4v) is 2.36. The van der Waals surface area contributed by atoms with Gasteiger partial charge in [-0.2, -0.15) is 0 Å². The summed E-state index contributed by atoms with van der Waals surface area (Å²) < 4.78 is 12.9. The van der Waals surface area contributed by atoms with Gasteiger partial charge in [-0.3, -0.25) is 0 Å². The molecule has 1 aliphatic rings. The van der Waals surface area contributed by atoms with Gasteiger partial charge in [-0.15, -0.1) is 0 Å². The minimum atomic E-state index is 0.250. The summed E-state index contributed by atoms with van der Waals surface area (Å²) in [6.07, 6.45) is 4.37. The molecule has 5 nitrogen and oxygen atoms in total. The fraction of sp³-hybridized carbons (Fsp3) is 0.769. The number of ether oxygens (including phenoxy) is 2. The van der Waals surface area contributed by atoms with E-state index in [0.29, 0.717) is 12.6 Å². The van der Waals surface area contributed by atoms with E-state index in [1.807, 2.05) is 6.92 Å². The molecule has 1 fully saturated rings. The molecular formula is C13H23N3O2. The van der Waals surface area contributed by atoms with Gasteiger partial charge in [0.2, 0.25) is 5.95 Å². The third kappa shape index (κ3) is 3.23. The van der Waals surface area contributed by atoms with Gasteiger partial charge in [0.1, 0.15) is 0 Å². The minimum Gasteiger partial charge on any atom is -0.383 e. The molecule has 18 heavy (non-hydrogen) atoms. The second kappa shape index (κ2) is 6.20. The Hall–Kier alpha value is -1.07. The van der Waals surface area contributed by atoms with Crippen LogP contribution in [0.15, 0.2) is 6.20 Å². The topological polar surface area (TPSA) is 48.3 Å². The SMILES string of the molecule is COCC(C)Nc1nc(C)cn1C1CCCOC1. The lowest BCUT2D eigenvalue weighted by atomic mass is 10.1. The monoisotopic (exact) mass is 253 g/mol. The van der Waals surface area contributed by atoms with Crippen molar-refractivity contribution in [2.24, 2.45) is 0 Å². The Bertz CT molecular complexity index is 372. The van der Waals surface area contributed by atoms with Crippen molar-refractivity contribution in [3.63, 3.8) is 0 Å². The van der Waals surface area contributed by atoms with E-state index in [9.17, 15) is 0 Å². The molecule has 102 valence electrons. The van der Waals surface area contributed by atoms with Crippen LogP contribution >= 0.6 is 0 Å². The number of anilines is 1. The van der Waals surface area contributed by atoms with Gasteiger partial charge in [0, 0.05) is 26.0 Å². The standard InChI is InChI=1S/C13H23N3O2/c1-10-7-16(12-5-4-6-18-9-12)13(14-10)15-11(2)8-17-3/h7,11-12H,4-6,8-9H2,1-3H3,(H,14,15). The Kier molecular flexibility index (Phi) is 4.60. The van der Waals surface area contributed by atoms with Crippen molar-refractivity contribution >= 4 is 5.95 Å². The molecule has 1 saturated heterocycles. The van der Waals surface area contributed by atoms with Crippen LogP contribution in [-0.4, -0.2) is 42.5 Å². The van der Waals surface area contributed by atoms with Crippen molar-refractivity contribution in [1.82, 2.24) is 9.55 Å². The zero-order valence-electron chi connectivity index (χ0n) is 11.5. The van der Waals surface area contributed by atoms with E-state index in [2.05, 4.69) is 28.0 Å². The third-order valence-electron chi connectivity index (χ3n) is 3.17. The van der Waals surface area contributed by atoms with Gasteiger partial charge >= 0.3 is 0 Å². The number of imidazole rings is 1. The second-order valence-electron chi connectivity index (χ2n) is 4.98. The second-order valence-corrected chi connectivity index (χ2v) is 4.98. The molecule has 0 radical (unpaired) electrons. The summed E-state index contributed by atoms with van der Waals surface area (Å²) in [5, 5.41) is 3.40. The van der Waals surface area contributed by atoms with Crippen molar-refractivity contribution in [3.05, 3.63) is 11.9 Å². The van der Waals surface area contributed by atoms with E-state index in [1.54, 1.807) is 7.11 Å². The zero-order chi connectivity index (χ0) is 13.0. The van der Waals surface area contributed by atoms with Crippen molar-refractivity contribution < 1.29 is 9.47 Å². The van der Waals surface area contributed by atoms with Crippen molar-refractivity contribution in [1.29, 1.82) is 0 Å². The number of rotatable bonds is 5. The van der Waals surface area contributed by atoms with Gasteiger partial charge in [0.05, 0.1) is 24.9 Å². The quantitative estimate of drug-likeness (QED) is 0.872. The maximum atomic E-state index is 5.55. The van der Waals surface area contributed by atoms with Gasteiger partial charge in [0.25, 0.3) is 0 Å². The zero-order valence-corrected chi connectivity index (χ0v) is 11.5. The van der Waals surface area contributed by atoms with E-state index < -0.39 is 0 Å². The Balaban J connectivity index is 2.09. The predicted octanol–water partition coefficient (Wildman–Crippen LogP) is 1.99. The highest BCUT2D eigenvalue weighted by Gasteiger charge is 2.20. The molecule has 1 aromatic rings. The summed E-state index contributed by atoms with van der Waals surface area (Å²) in [5.41, 5.74) is 1.03. The van der Waals surface area contributed by atoms with Crippen LogP contribution in [0.25, 0.3) is 0 Å². The first kappa shape index (κ1) is 13.4. The molecule has 2 heterocycles. The lowest BCUT2D eigenvalue weighted by Gasteiger charge is -2.25. The van der Waals surface area contributed by atoms with Gasteiger partial charge in [-0.05, 0) is 26.7 Å².